The van der Waals surface area contributed by atoms with Crippen LogP contribution in [0, 0.1) is 0 Å². The maximum absolute atomic E-state index is 12.8. The van der Waals surface area contributed by atoms with E-state index in [4.69, 9.17) is 9.57 Å². The second kappa shape index (κ2) is 10.4. The highest BCUT2D eigenvalue weighted by atomic mass is 28.3. The van der Waals surface area contributed by atoms with Gasteiger partial charge in [-0.3, -0.25) is 24.0 Å². The number of rotatable bonds is 11. The van der Waals surface area contributed by atoms with E-state index in [0.717, 1.165) is 15.8 Å². The van der Waals surface area contributed by atoms with Crippen LogP contribution in [-0.2, 0) is 16.3 Å². The molecule has 0 spiro atoms. The van der Waals surface area contributed by atoms with Crippen molar-refractivity contribution in [3.05, 3.63) is 57.5 Å². The minimum atomic E-state index is -1.26. The molecule has 0 radical (unpaired) electrons. The van der Waals surface area contributed by atoms with Crippen LogP contribution in [0.15, 0.2) is 35.3 Å². The number of fused-ring (bicyclic) bond motifs is 1. The number of imide groups is 1. The molecule has 2 aromatic rings. The Balaban J connectivity index is 1.64. The van der Waals surface area contributed by atoms with Crippen LogP contribution in [0.3, 0.4) is 0 Å². The first-order valence-corrected chi connectivity index (χ1v) is 14.8. The zero-order chi connectivity index (χ0) is 25.0. The highest BCUT2D eigenvalue weighted by Gasteiger charge is 2.36. The molecule has 1 aromatic carbocycles. The molecule has 11 heteroatoms. The Hall–Kier alpha value is -3.15. The second-order valence-electron chi connectivity index (χ2n) is 9.43. The number of nitrogens with one attached hydrogen (secondary N) is 1. The number of amides is 2. The van der Waals surface area contributed by atoms with Crippen LogP contribution in [0.1, 0.15) is 44.9 Å². The van der Waals surface area contributed by atoms with E-state index in [1.807, 2.05) is 0 Å². The van der Waals surface area contributed by atoms with Crippen LogP contribution in [0.5, 0.6) is 0 Å². The second-order valence-corrected chi connectivity index (χ2v) is 15.1. The van der Waals surface area contributed by atoms with Gasteiger partial charge in [-0.05, 0) is 32.0 Å². The van der Waals surface area contributed by atoms with Crippen LogP contribution in [0.4, 0.5) is 5.69 Å². The average Bonchev–Trinajstić information content (AvgIpc) is 3.00. The summed E-state index contributed by atoms with van der Waals surface area (Å²) in [7, 11) is -1.26. The Morgan fingerprint density at radius 1 is 1.12 bits per heavy atom. The van der Waals surface area contributed by atoms with Gasteiger partial charge in [0.05, 0.1) is 29.6 Å². The van der Waals surface area contributed by atoms with E-state index in [9.17, 15) is 19.2 Å². The van der Waals surface area contributed by atoms with Gasteiger partial charge >= 0.3 is 0 Å². The highest BCUT2D eigenvalue weighted by molar-refractivity contribution is 6.76. The normalized spacial score (nSPS) is 14.3. The molecular weight excluding hydrogens is 456 g/mol. The van der Waals surface area contributed by atoms with E-state index >= 15 is 0 Å². The Bertz CT molecular complexity index is 1120. The van der Waals surface area contributed by atoms with Crippen LogP contribution in [-0.4, -0.2) is 59.8 Å². The quantitative estimate of drug-likeness (QED) is 0.223. The van der Waals surface area contributed by atoms with Gasteiger partial charge in [-0.2, -0.15) is 5.10 Å². The third-order valence-corrected chi connectivity index (χ3v) is 6.92. The molecule has 1 aliphatic heterocycles. The van der Waals surface area contributed by atoms with Crippen molar-refractivity contribution < 1.29 is 24.0 Å². The summed E-state index contributed by atoms with van der Waals surface area (Å²) in [6.45, 7) is 10.1. The van der Waals surface area contributed by atoms with E-state index in [1.165, 1.54) is 13.1 Å². The van der Waals surface area contributed by atoms with E-state index in [-0.39, 0.29) is 35.7 Å². The van der Waals surface area contributed by atoms with E-state index in [1.54, 1.807) is 31.2 Å². The number of ether oxygens (including phenoxy) is 1. The summed E-state index contributed by atoms with van der Waals surface area (Å²) in [5.74, 6) is -1.48. The minimum absolute atomic E-state index is 0.0394. The van der Waals surface area contributed by atoms with Crippen molar-refractivity contribution in [1.82, 2.24) is 14.8 Å². The Morgan fingerprint density at radius 2 is 1.74 bits per heavy atom. The third kappa shape index (κ3) is 5.85. The lowest BCUT2D eigenvalue weighted by Crippen LogP contribution is -2.36. The predicted octanol–water partition coefficient (Wildman–Crippen LogP) is 2.79. The summed E-state index contributed by atoms with van der Waals surface area (Å²) < 4.78 is 6.71. The first-order chi connectivity index (χ1) is 16.0. The van der Waals surface area contributed by atoms with Crippen LogP contribution < -0.4 is 10.9 Å². The predicted molar refractivity (Wildman–Crippen MR) is 129 cm³/mol. The molecule has 0 fully saturated rings. The summed E-state index contributed by atoms with van der Waals surface area (Å²) in [6.07, 6.45) is 1.39. The number of aromatic nitrogens is 2. The standard InChI is InChI=1S/C23H30N4O6Si/c1-15(13-33-27-21(29)17-8-6-7-9-18(17)22(27)30)25-19-12-24-26(23(31)20(19)16(2)28)14-32-10-11-34(3,4)5/h6-9,12,15,25H,10-11,13-14H2,1-5H3. The fourth-order valence-corrected chi connectivity index (χ4v) is 4.09. The number of hydroxylamine groups is 2. The summed E-state index contributed by atoms with van der Waals surface area (Å²) in [4.78, 5) is 55.3. The summed E-state index contributed by atoms with van der Waals surface area (Å²) in [5.41, 5.74) is 0.211. The monoisotopic (exact) mass is 486 g/mol. The first-order valence-electron chi connectivity index (χ1n) is 11.1. The minimum Gasteiger partial charge on any atom is -0.378 e. The lowest BCUT2D eigenvalue weighted by atomic mass is 10.1. The van der Waals surface area contributed by atoms with Crippen molar-refractivity contribution >= 4 is 31.4 Å². The SMILES string of the molecule is CC(=O)c1c(NC(C)CON2C(=O)c3ccccc3C2=O)cnn(COCC[Si](C)(C)C)c1=O. The molecule has 0 saturated heterocycles. The zero-order valence-electron chi connectivity index (χ0n) is 20.1. The molecule has 1 unspecified atom stereocenters. The van der Waals surface area contributed by atoms with Crippen molar-refractivity contribution in [2.75, 3.05) is 18.5 Å². The van der Waals surface area contributed by atoms with Gasteiger partial charge < -0.3 is 10.1 Å². The number of nitrogens with zero attached hydrogens (tertiary/aromatic N) is 3. The van der Waals surface area contributed by atoms with Gasteiger partial charge in [0.2, 0.25) is 0 Å². The van der Waals surface area contributed by atoms with Crippen molar-refractivity contribution in [3.8, 4) is 0 Å². The van der Waals surface area contributed by atoms with Crippen molar-refractivity contribution in [2.45, 2.75) is 52.3 Å². The third-order valence-electron chi connectivity index (χ3n) is 5.22. The molecule has 182 valence electrons. The van der Waals surface area contributed by atoms with Crippen LogP contribution in [0.25, 0.3) is 0 Å². The maximum atomic E-state index is 12.8. The lowest BCUT2D eigenvalue weighted by Gasteiger charge is -2.20. The number of hydrogen-bond donors (Lipinski definition) is 1. The molecule has 1 aromatic heterocycles. The molecule has 2 heterocycles. The lowest BCUT2D eigenvalue weighted by molar-refractivity contribution is -0.0929. The zero-order valence-corrected chi connectivity index (χ0v) is 21.1. The van der Waals surface area contributed by atoms with Crippen LogP contribution in [0.2, 0.25) is 25.7 Å². The first kappa shape index (κ1) is 25.5. The number of hydrogen-bond acceptors (Lipinski definition) is 8. The molecule has 0 bridgehead atoms. The number of carbonyl (C=O) groups is 3. The van der Waals surface area contributed by atoms with E-state index in [2.05, 4.69) is 30.1 Å². The smallest absolute Gasteiger partial charge is 0.285 e. The number of anilines is 1. The fourth-order valence-electron chi connectivity index (χ4n) is 3.34. The molecule has 3 rings (SSSR count). The topological polar surface area (TPSA) is 120 Å². The molecule has 0 aliphatic carbocycles. The Labute approximate surface area is 198 Å². The number of Topliss-reactive ketones (excluding diaryl/α,β-unsaturated/α-hetero) is 1. The number of ketones is 1. The van der Waals surface area contributed by atoms with Gasteiger partial charge in [0.25, 0.3) is 17.4 Å². The van der Waals surface area contributed by atoms with Crippen molar-refractivity contribution in [3.63, 3.8) is 0 Å². The van der Waals surface area contributed by atoms with Gasteiger partial charge in [0, 0.05) is 20.7 Å². The largest absolute Gasteiger partial charge is 0.378 e. The molecule has 1 atom stereocenters. The number of carbonyl (C=O) groups excluding carboxylic acids is 3. The van der Waals surface area contributed by atoms with E-state index < -0.39 is 37.3 Å². The van der Waals surface area contributed by atoms with Crippen molar-refractivity contribution in [1.29, 1.82) is 0 Å². The van der Waals surface area contributed by atoms with Gasteiger partial charge in [-0.25, -0.2) is 4.68 Å². The Kier molecular flexibility index (Phi) is 7.80. The van der Waals surface area contributed by atoms with Crippen LogP contribution >= 0.6 is 0 Å². The van der Waals surface area contributed by atoms with Gasteiger partial charge in [0.1, 0.15) is 12.3 Å². The van der Waals surface area contributed by atoms with Gasteiger partial charge in [0.15, 0.2) is 5.78 Å². The summed E-state index contributed by atoms with van der Waals surface area (Å²) in [5, 5.41) is 7.85. The van der Waals surface area contributed by atoms with E-state index in [0.29, 0.717) is 6.61 Å². The Morgan fingerprint density at radius 3 is 2.29 bits per heavy atom. The fraction of sp³-hybridized carbons (Fsp3) is 0.435. The highest BCUT2D eigenvalue weighted by Crippen LogP contribution is 2.23. The van der Waals surface area contributed by atoms with Crippen molar-refractivity contribution in [2.24, 2.45) is 0 Å². The molecule has 10 nitrogen and oxygen atoms in total. The number of benzene rings is 1. The van der Waals surface area contributed by atoms with Gasteiger partial charge in [-0.1, -0.05) is 31.8 Å². The average molecular weight is 487 g/mol. The molecule has 0 saturated carbocycles. The summed E-state index contributed by atoms with van der Waals surface area (Å²) in [6, 6.07) is 6.98. The molecule has 1 aliphatic rings. The molecule has 1 N–H and O–H groups in total. The molecular formula is C23H30N4O6Si. The maximum Gasteiger partial charge on any atom is 0.285 e. The molecule has 34 heavy (non-hydrogen) atoms. The molecule has 2 amide bonds. The summed E-state index contributed by atoms with van der Waals surface area (Å²) >= 11 is 0. The van der Waals surface area contributed by atoms with Gasteiger partial charge in [-0.15, -0.1) is 5.06 Å².